The first-order chi connectivity index (χ1) is 12.5. The molecular formula is C20H19Cl2N3O. The van der Waals surface area contributed by atoms with Crippen LogP contribution in [0.15, 0.2) is 54.2 Å². The minimum atomic E-state index is -0.477. The molecule has 0 aliphatic rings. The van der Waals surface area contributed by atoms with Crippen LogP contribution in [0.1, 0.15) is 31.0 Å². The number of amides is 1. The van der Waals surface area contributed by atoms with E-state index in [0.717, 1.165) is 12.0 Å². The number of anilines is 1. The van der Waals surface area contributed by atoms with E-state index in [1.54, 1.807) is 18.2 Å². The van der Waals surface area contributed by atoms with Gasteiger partial charge < -0.3 is 10.6 Å². The third kappa shape index (κ3) is 5.01. The maximum absolute atomic E-state index is 12.4. The molecular weight excluding hydrogens is 369 g/mol. The summed E-state index contributed by atoms with van der Waals surface area (Å²) in [5, 5.41) is 15.7. The van der Waals surface area contributed by atoms with Gasteiger partial charge in [0, 0.05) is 6.20 Å². The van der Waals surface area contributed by atoms with Crippen LogP contribution in [0.3, 0.4) is 0 Å². The summed E-state index contributed by atoms with van der Waals surface area (Å²) in [7, 11) is 0. The van der Waals surface area contributed by atoms with Crippen LogP contribution in [0.4, 0.5) is 5.69 Å². The quantitative estimate of drug-likeness (QED) is 0.525. The third-order valence-electron chi connectivity index (χ3n) is 3.92. The monoisotopic (exact) mass is 387 g/mol. The highest BCUT2D eigenvalue weighted by Gasteiger charge is 2.14. The summed E-state index contributed by atoms with van der Waals surface area (Å²) in [5.41, 5.74) is 2.57. The van der Waals surface area contributed by atoms with Gasteiger partial charge in [0.1, 0.15) is 11.6 Å². The Morgan fingerprint density at radius 2 is 1.81 bits per heavy atom. The van der Waals surface area contributed by atoms with Gasteiger partial charge in [-0.2, -0.15) is 5.26 Å². The zero-order chi connectivity index (χ0) is 19.1. The molecule has 0 saturated heterocycles. The molecule has 2 aromatic rings. The molecule has 2 N–H and O–H groups in total. The van der Waals surface area contributed by atoms with Gasteiger partial charge in [-0.25, -0.2) is 0 Å². The smallest absolute Gasteiger partial charge is 0.263 e. The predicted molar refractivity (Wildman–Crippen MR) is 106 cm³/mol. The molecule has 0 aliphatic heterocycles. The highest BCUT2D eigenvalue weighted by molar-refractivity contribution is 6.39. The van der Waals surface area contributed by atoms with E-state index < -0.39 is 5.91 Å². The van der Waals surface area contributed by atoms with Crippen molar-refractivity contribution >= 4 is 34.8 Å². The summed E-state index contributed by atoms with van der Waals surface area (Å²) in [6.07, 6.45) is 2.26. The molecule has 6 heteroatoms. The fourth-order valence-electron chi connectivity index (χ4n) is 2.33. The molecule has 0 aliphatic carbocycles. The molecule has 0 bridgehead atoms. The van der Waals surface area contributed by atoms with Gasteiger partial charge in [-0.1, -0.05) is 60.5 Å². The number of hydrogen-bond acceptors (Lipinski definition) is 3. The molecule has 0 fully saturated rings. The van der Waals surface area contributed by atoms with Crippen molar-refractivity contribution in [1.29, 1.82) is 5.26 Å². The Morgan fingerprint density at radius 1 is 1.19 bits per heavy atom. The first-order valence-corrected chi connectivity index (χ1v) is 8.92. The second kappa shape index (κ2) is 9.28. The highest BCUT2D eigenvalue weighted by atomic mass is 35.5. The normalized spacial score (nSPS) is 12.2. The van der Waals surface area contributed by atoms with Gasteiger partial charge in [-0.3, -0.25) is 4.79 Å². The first-order valence-electron chi connectivity index (χ1n) is 8.16. The van der Waals surface area contributed by atoms with Crippen LogP contribution < -0.4 is 10.6 Å². The van der Waals surface area contributed by atoms with Crippen LogP contribution in [0.5, 0.6) is 0 Å². The molecule has 0 saturated carbocycles. The molecule has 0 aromatic heterocycles. The topological polar surface area (TPSA) is 64.9 Å². The fourth-order valence-corrected chi connectivity index (χ4v) is 2.83. The molecule has 2 rings (SSSR count). The SMILES string of the molecule is CCc1ccc(C(C)NC(=O)/C(C#N)=C\Nc2c(Cl)cccc2Cl)cc1. The van der Waals surface area contributed by atoms with Crippen LogP contribution in [-0.4, -0.2) is 5.91 Å². The van der Waals surface area contributed by atoms with Crippen LogP contribution in [0.2, 0.25) is 10.0 Å². The maximum Gasteiger partial charge on any atom is 0.263 e. The molecule has 1 atom stereocenters. The zero-order valence-corrected chi connectivity index (χ0v) is 16.0. The van der Waals surface area contributed by atoms with Crippen LogP contribution in [0, 0.1) is 11.3 Å². The number of para-hydroxylation sites is 1. The Morgan fingerprint density at radius 3 is 2.35 bits per heavy atom. The van der Waals surface area contributed by atoms with Crippen molar-refractivity contribution in [2.75, 3.05) is 5.32 Å². The van der Waals surface area contributed by atoms with Gasteiger partial charge >= 0.3 is 0 Å². The molecule has 0 spiro atoms. The summed E-state index contributed by atoms with van der Waals surface area (Å²) in [6, 6.07) is 14.7. The number of benzene rings is 2. The van der Waals surface area contributed by atoms with Gasteiger partial charge in [0.2, 0.25) is 0 Å². The van der Waals surface area contributed by atoms with Crippen molar-refractivity contribution < 1.29 is 4.79 Å². The molecule has 0 heterocycles. The molecule has 2 aromatic carbocycles. The Labute approximate surface area is 163 Å². The minimum Gasteiger partial charge on any atom is -0.358 e. The van der Waals surface area contributed by atoms with Gasteiger partial charge in [-0.05, 0) is 36.6 Å². The van der Waals surface area contributed by atoms with E-state index in [0.29, 0.717) is 15.7 Å². The lowest BCUT2D eigenvalue weighted by atomic mass is 10.0. The van der Waals surface area contributed by atoms with Gasteiger partial charge in [0.05, 0.1) is 21.8 Å². The Bertz CT molecular complexity index is 834. The summed E-state index contributed by atoms with van der Waals surface area (Å²) >= 11 is 12.1. The lowest BCUT2D eigenvalue weighted by Crippen LogP contribution is -2.28. The van der Waals surface area contributed by atoms with E-state index in [9.17, 15) is 10.1 Å². The van der Waals surface area contributed by atoms with E-state index in [4.69, 9.17) is 23.2 Å². The summed E-state index contributed by atoms with van der Waals surface area (Å²) in [5.74, 6) is -0.477. The summed E-state index contributed by atoms with van der Waals surface area (Å²) in [6.45, 7) is 3.95. The van der Waals surface area contributed by atoms with E-state index >= 15 is 0 Å². The van der Waals surface area contributed by atoms with Crippen molar-refractivity contribution in [1.82, 2.24) is 5.32 Å². The van der Waals surface area contributed by atoms with Crippen molar-refractivity contribution in [3.05, 3.63) is 75.4 Å². The molecule has 1 amide bonds. The number of hydrogen-bond donors (Lipinski definition) is 2. The Hall–Kier alpha value is -2.48. The second-order valence-electron chi connectivity index (χ2n) is 5.70. The third-order valence-corrected chi connectivity index (χ3v) is 4.55. The number of aryl methyl sites for hydroxylation is 1. The van der Waals surface area contributed by atoms with E-state index in [2.05, 4.69) is 17.6 Å². The Kier molecular flexibility index (Phi) is 7.08. The molecule has 26 heavy (non-hydrogen) atoms. The number of halogens is 2. The number of nitrogens with zero attached hydrogens (tertiary/aromatic N) is 1. The van der Waals surface area contributed by atoms with Crippen LogP contribution >= 0.6 is 23.2 Å². The lowest BCUT2D eigenvalue weighted by Gasteiger charge is -2.14. The average Bonchev–Trinajstić information content (AvgIpc) is 2.64. The number of nitriles is 1. The van der Waals surface area contributed by atoms with Crippen LogP contribution in [-0.2, 0) is 11.2 Å². The van der Waals surface area contributed by atoms with Crippen molar-refractivity contribution in [3.63, 3.8) is 0 Å². The first kappa shape index (κ1) is 19.8. The standard InChI is InChI=1S/C20H19Cl2N3O/c1-3-14-7-9-15(10-8-14)13(2)25-20(26)16(11-23)12-24-19-17(21)5-4-6-18(19)22/h4-10,12-13,24H,3H2,1-2H3,(H,25,26)/b16-12-. The van der Waals surface area contributed by atoms with Crippen molar-refractivity contribution in [3.8, 4) is 6.07 Å². The predicted octanol–water partition coefficient (Wildman–Crippen LogP) is 5.25. The minimum absolute atomic E-state index is 0.0713. The average molecular weight is 388 g/mol. The number of carbonyl (C=O) groups is 1. The zero-order valence-electron chi connectivity index (χ0n) is 14.5. The van der Waals surface area contributed by atoms with E-state index in [1.807, 2.05) is 37.3 Å². The van der Waals surface area contributed by atoms with Gasteiger partial charge in [-0.15, -0.1) is 0 Å². The summed E-state index contributed by atoms with van der Waals surface area (Å²) < 4.78 is 0. The van der Waals surface area contributed by atoms with Gasteiger partial charge in [0.25, 0.3) is 5.91 Å². The summed E-state index contributed by atoms with van der Waals surface area (Å²) in [4.78, 5) is 12.4. The number of carbonyl (C=O) groups excluding carboxylic acids is 1. The van der Waals surface area contributed by atoms with Crippen LogP contribution in [0.25, 0.3) is 0 Å². The Balaban J connectivity index is 2.09. The maximum atomic E-state index is 12.4. The molecule has 1 unspecified atom stereocenters. The van der Waals surface area contributed by atoms with Gasteiger partial charge in [0.15, 0.2) is 0 Å². The number of nitrogens with one attached hydrogen (secondary N) is 2. The molecule has 4 nitrogen and oxygen atoms in total. The lowest BCUT2D eigenvalue weighted by molar-refractivity contribution is -0.117. The molecule has 0 radical (unpaired) electrons. The van der Waals surface area contributed by atoms with E-state index in [-0.39, 0.29) is 11.6 Å². The van der Waals surface area contributed by atoms with Crippen molar-refractivity contribution in [2.45, 2.75) is 26.3 Å². The fraction of sp³-hybridized carbons (Fsp3) is 0.200. The second-order valence-corrected chi connectivity index (χ2v) is 6.52. The molecule has 134 valence electrons. The van der Waals surface area contributed by atoms with Crippen molar-refractivity contribution in [2.24, 2.45) is 0 Å². The number of rotatable bonds is 6. The van der Waals surface area contributed by atoms with E-state index in [1.165, 1.54) is 11.8 Å². The highest BCUT2D eigenvalue weighted by Crippen LogP contribution is 2.29. The largest absolute Gasteiger partial charge is 0.358 e.